The number of pyridine rings is 1. The molecule has 0 atom stereocenters. The molecule has 0 fully saturated rings. The molecule has 144 valence electrons. The Balaban J connectivity index is 1.82. The zero-order valence-corrected chi connectivity index (χ0v) is 16.3. The standard InChI is InChI=1S/C24H20N2O3/c1-16-21(27)19-11-6-12-20(23(19)29-22(16)18-9-4-3-5-10-18)24(28)26(2)15-17-8-7-13-25-14-17/h3-14H,15H2,1-2H3. The predicted octanol–water partition coefficient (Wildman–Crippen LogP) is 4.44. The van der Waals surface area contributed by atoms with Crippen LogP contribution in [0.5, 0.6) is 0 Å². The summed E-state index contributed by atoms with van der Waals surface area (Å²) in [5.74, 6) is 0.267. The molecular weight excluding hydrogens is 364 g/mol. The molecule has 0 spiro atoms. The first-order valence-electron chi connectivity index (χ1n) is 9.32. The van der Waals surface area contributed by atoms with Crippen LogP contribution in [0.25, 0.3) is 22.3 Å². The summed E-state index contributed by atoms with van der Waals surface area (Å²) < 4.78 is 6.15. The maximum Gasteiger partial charge on any atom is 0.257 e. The summed E-state index contributed by atoms with van der Waals surface area (Å²) in [6.45, 7) is 2.15. The molecule has 29 heavy (non-hydrogen) atoms. The SMILES string of the molecule is Cc1c(-c2ccccc2)oc2c(C(=O)N(C)Cc3cccnc3)cccc2c1=O. The smallest absolute Gasteiger partial charge is 0.257 e. The number of fused-ring (bicyclic) bond motifs is 1. The number of rotatable bonds is 4. The third-order valence-electron chi connectivity index (χ3n) is 4.90. The van der Waals surface area contributed by atoms with Crippen molar-refractivity contribution in [2.45, 2.75) is 13.5 Å². The van der Waals surface area contributed by atoms with Gasteiger partial charge in [-0.25, -0.2) is 0 Å². The van der Waals surface area contributed by atoms with E-state index in [4.69, 9.17) is 4.42 Å². The Kier molecular flexibility index (Phi) is 4.96. The van der Waals surface area contributed by atoms with Gasteiger partial charge in [0.2, 0.25) is 0 Å². The summed E-state index contributed by atoms with van der Waals surface area (Å²) in [4.78, 5) is 31.8. The Labute approximate surface area is 168 Å². The Hall–Kier alpha value is -3.73. The monoisotopic (exact) mass is 384 g/mol. The van der Waals surface area contributed by atoms with Crippen LogP contribution >= 0.6 is 0 Å². The molecule has 4 rings (SSSR count). The highest BCUT2D eigenvalue weighted by molar-refractivity contribution is 6.05. The Morgan fingerprint density at radius 2 is 1.83 bits per heavy atom. The Bertz CT molecular complexity index is 1230. The molecule has 0 bridgehead atoms. The van der Waals surface area contributed by atoms with Gasteiger partial charge in [0.05, 0.1) is 10.9 Å². The molecule has 0 saturated carbocycles. The second-order valence-corrected chi connectivity index (χ2v) is 6.96. The van der Waals surface area contributed by atoms with Crippen molar-refractivity contribution in [1.29, 1.82) is 0 Å². The van der Waals surface area contributed by atoms with E-state index < -0.39 is 0 Å². The molecule has 0 aliphatic rings. The molecule has 0 unspecified atom stereocenters. The number of hydrogen-bond donors (Lipinski definition) is 0. The molecular formula is C24H20N2O3. The van der Waals surface area contributed by atoms with Crippen molar-refractivity contribution >= 4 is 16.9 Å². The fourth-order valence-corrected chi connectivity index (χ4v) is 3.39. The average molecular weight is 384 g/mol. The number of carbonyl (C=O) groups excluding carboxylic acids is 1. The van der Waals surface area contributed by atoms with E-state index in [0.29, 0.717) is 34.4 Å². The minimum atomic E-state index is -0.217. The topological polar surface area (TPSA) is 63.4 Å². The third-order valence-corrected chi connectivity index (χ3v) is 4.90. The highest BCUT2D eigenvalue weighted by Gasteiger charge is 2.20. The van der Waals surface area contributed by atoms with Crippen molar-refractivity contribution in [3.05, 3.63) is 100.0 Å². The van der Waals surface area contributed by atoms with Gasteiger partial charge in [-0.1, -0.05) is 42.5 Å². The van der Waals surface area contributed by atoms with Crippen molar-refractivity contribution in [2.75, 3.05) is 7.05 Å². The van der Waals surface area contributed by atoms with Gasteiger partial charge < -0.3 is 9.32 Å². The first kappa shape index (κ1) is 18.6. The van der Waals surface area contributed by atoms with Crippen LogP contribution in [0.2, 0.25) is 0 Å². The number of hydrogen-bond acceptors (Lipinski definition) is 4. The van der Waals surface area contributed by atoms with Crippen molar-refractivity contribution < 1.29 is 9.21 Å². The zero-order chi connectivity index (χ0) is 20.4. The molecule has 1 amide bonds. The lowest BCUT2D eigenvalue weighted by atomic mass is 10.0. The molecule has 0 aliphatic carbocycles. The van der Waals surface area contributed by atoms with Crippen molar-refractivity contribution in [3.8, 4) is 11.3 Å². The second-order valence-electron chi connectivity index (χ2n) is 6.96. The Morgan fingerprint density at radius 1 is 1.03 bits per heavy atom. The molecule has 5 heteroatoms. The Morgan fingerprint density at radius 3 is 2.55 bits per heavy atom. The summed E-state index contributed by atoms with van der Waals surface area (Å²) in [7, 11) is 1.72. The van der Waals surface area contributed by atoms with Crippen LogP contribution in [0.4, 0.5) is 0 Å². The zero-order valence-electron chi connectivity index (χ0n) is 16.3. The molecule has 5 nitrogen and oxygen atoms in total. The van der Waals surface area contributed by atoms with Gasteiger partial charge in [-0.3, -0.25) is 14.6 Å². The van der Waals surface area contributed by atoms with Crippen LogP contribution in [0.1, 0.15) is 21.5 Å². The number of nitrogens with zero attached hydrogens (tertiary/aromatic N) is 2. The lowest BCUT2D eigenvalue weighted by Gasteiger charge is -2.18. The largest absolute Gasteiger partial charge is 0.455 e. The quantitative estimate of drug-likeness (QED) is 0.522. The fourth-order valence-electron chi connectivity index (χ4n) is 3.39. The lowest BCUT2D eigenvalue weighted by Crippen LogP contribution is -2.26. The fraction of sp³-hybridized carbons (Fsp3) is 0.125. The number of benzene rings is 2. The third kappa shape index (κ3) is 3.55. The minimum absolute atomic E-state index is 0.130. The van der Waals surface area contributed by atoms with E-state index in [1.165, 1.54) is 0 Å². The maximum atomic E-state index is 13.2. The molecule has 0 radical (unpaired) electrons. The average Bonchev–Trinajstić information content (AvgIpc) is 2.76. The van der Waals surface area contributed by atoms with Crippen LogP contribution in [-0.2, 0) is 6.54 Å². The summed E-state index contributed by atoms with van der Waals surface area (Å²) in [5.41, 5.74) is 2.79. The van der Waals surface area contributed by atoms with Gasteiger partial charge in [0.1, 0.15) is 5.76 Å². The summed E-state index contributed by atoms with van der Waals surface area (Å²) >= 11 is 0. The number of aromatic nitrogens is 1. The second kappa shape index (κ2) is 7.72. The highest BCUT2D eigenvalue weighted by atomic mass is 16.3. The summed E-state index contributed by atoms with van der Waals surface area (Å²) in [6, 6.07) is 18.3. The number of carbonyl (C=O) groups is 1. The van der Waals surface area contributed by atoms with E-state index in [1.807, 2.05) is 42.5 Å². The molecule has 0 N–H and O–H groups in total. The van der Waals surface area contributed by atoms with E-state index in [1.54, 1.807) is 49.5 Å². The van der Waals surface area contributed by atoms with Crippen molar-refractivity contribution in [1.82, 2.24) is 9.88 Å². The molecule has 2 aromatic heterocycles. The van der Waals surface area contributed by atoms with E-state index in [0.717, 1.165) is 11.1 Å². The maximum absolute atomic E-state index is 13.2. The first-order valence-corrected chi connectivity index (χ1v) is 9.32. The van der Waals surface area contributed by atoms with Gasteiger partial charge in [0, 0.05) is 37.1 Å². The van der Waals surface area contributed by atoms with Gasteiger partial charge in [-0.05, 0) is 30.7 Å². The van der Waals surface area contributed by atoms with Gasteiger partial charge in [0.15, 0.2) is 11.0 Å². The van der Waals surface area contributed by atoms with Crippen LogP contribution in [0.15, 0.2) is 82.3 Å². The predicted molar refractivity (Wildman–Crippen MR) is 113 cm³/mol. The molecule has 2 heterocycles. The van der Waals surface area contributed by atoms with Crippen LogP contribution in [0, 0.1) is 6.92 Å². The van der Waals surface area contributed by atoms with E-state index in [9.17, 15) is 9.59 Å². The number of para-hydroxylation sites is 1. The summed E-state index contributed by atoms with van der Waals surface area (Å²) in [6.07, 6.45) is 3.42. The van der Waals surface area contributed by atoms with Crippen LogP contribution in [-0.4, -0.2) is 22.8 Å². The first-order chi connectivity index (χ1) is 14.1. The van der Waals surface area contributed by atoms with Gasteiger partial charge in [-0.2, -0.15) is 0 Å². The lowest BCUT2D eigenvalue weighted by molar-refractivity contribution is 0.0786. The normalized spacial score (nSPS) is 10.8. The van der Waals surface area contributed by atoms with Crippen LogP contribution in [0.3, 0.4) is 0 Å². The van der Waals surface area contributed by atoms with Crippen LogP contribution < -0.4 is 5.43 Å². The van der Waals surface area contributed by atoms with Crippen molar-refractivity contribution in [2.24, 2.45) is 0 Å². The number of amides is 1. The van der Waals surface area contributed by atoms with Gasteiger partial charge >= 0.3 is 0 Å². The highest BCUT2D eigenvalue weighted by Crippen LogP contribution is 2.27. The molecule has 2 aromatic carbocycles. The molecule has 0 aliphatic heterocycles. The summed E-state index contributed by atoms with van der Waals surface area (Å²) in [5, 5.41) is 0.405. The molecule has 0 saturated heterocycles. The van der Waals surface area contributed by atoms with Crippen molar-refractivity contribution in [3.63, 3.8) is 0 Å². The minimum Gasteiger partial charge on any atom is -0.455 e. The van der Waals surface area contributed by atoms with E-state index in [-0.39, 0.29) is 11.3 Å². The van der Waals surface area contributed by atoms with E-state index >= 15 is 0 Å². The molecule has 4 aromatic rings. The van der Waals surface area contributed by atoms with E-state index in [2.05, 4.69) is 4.98 Å². The van der Waals surface area contributed by atoms with Gasteiger partial charge in [0.25, 0.3) is 5.91 Å². The van der Waals surface area contributed by atoms with Gasteiger partial charge in [-0.15, -0.1) is 0 Å².